The number of unbranched alkanes of at least 4 members (excludes halogenated alkanes) is 3. The number of carbonyl (C=O) groups excluding carboxylic acids is 2. The van der Waals surface area contributed by atoms with Crippen molar-refractivity contribution in [3.05, 3.63) is 105 Å². The van der Waals surface area contributed by atoms with Crippen molar-refractivity contribution in [3.8, 4) is 16.9 Å². The van der Waals surface area contributed by atoms with E-state index in [0.29, 0.717) is 58.4 Å². The molecule has 1 aliphatic rings. The molecular weight excluding hydrogens is 761 g/mol. The van der Waals surface area contributed by atoms with Crippen LogP contribution in [0.2, 0.25) is 0 Å². The van der Waals surface area contributed by atoms with Gasteiger partial charge in [-0.15, -0.1) is 8.67 Å². The summed E-state index contributed by atoms with van der Waals surface area (Å²) in [5.41, 5.74) is 1.31. The van der Waals surface area contributed by atoms with E-state index in [1.807, 2.05) is 6.92 Å². The van der Waals surface area contributed by atoms with Gasteiger partial charge >= 0.3 is 0 Å². The monoisotopic (exact) mass is 794 g/mol. The smallest absolute Gasteiger partial charge is 0.262 e. The number of carbonyl (C=O) groups is 2. The van der Waals surface area contributed by atoms with Crippen molar-refractivity contribution >= 4 is 67.8 Å². The Kier molecular flexibility index (Phi) is 12.2. The number of ketones is 2. The number of nitrogens with zero attached hydrogens (tertiary/aromatic N) is 1. The molecule has 0 aliphatic heterocycles. The topological polar surface area (TPSA) is 189 Å². The Hall–Kier alpha value is -4.56. The lowest BCUT2D eigenvalue weighted by atomic mass is 9.80. The van der Waals surface area contributed by atoms with E-state index in [4.69, 9.17) is 19.6 Å². The second-order valence-electron chi connectivity index (χ2n) is 12.2. The molecule has 0 fully saturated rings. The Morgan fingerprint density at radius 2 is 1.54 bits per heavy atom. The number of fused-ring (bicyclic) bond motifs is 2. The fraction of sp³-hybridized carbons (Fsp3) is 0.216. The van der Waals surface area contributed by atoms with E-state index in [0.717, 1.165) is 19.3 Å². The minimum absolute atomic E-state index is 0.0365. The van der Waals surface area contributed by atoms with Gasteiger partial charge in [-0.3, -0.25) is 14.4 Å². The van der Waals surface area contributed by atoms with Crippen LogP contribution in [0.3, 0.4) is 0 Å². The fourth-order valence-electron chi connectivity index (χ4n) is 6.47. The number of nitrogens with one attached hydrogen (secondary N) is 1. The summed E-state index contributed by atoms with van der Waals surface area (Å²) >= 11 is 1.14. The molecule has 0 atom stereocenters. The molecule has 0 radical (unpaired) electrons. The highest BCUT2D eigenvalue weighted by Crippen LogP contribution is 2.45. The molecule has 3 N–H and O–H groups in total. The second kappa shape index (κ2) is 16.8. The van der Waals surface area contributed by atoms with Crippen LogP contribution in [0.5, 0.6) is 5.75 Å². The Labute approximate surface area is 318 Å². The van der Waals surface area contributed by atoms with Crippen LogP contribution >= 0.6 is 24.1 Å². The number of rotatable bonds is 17. The summed E-state index contributed by atoms with van der Waals surface area (Å²) < 4.78 is 42.4. The minimum atomic E-state index is -3.67. The molecule has 54 heavy (non-hydrogen) atoms. The van der Waals surface area contributed by atoms with E-state index in [2.05, 4.69) is 19.7 Å². The SMILES string of the molecule is CCCCCCS(=O)(=O)c1ccc(Nc2ccc3c4c2C(=O)c2ccccc2-c4c(C(=O)c2ccc(OC)c(SOOO)c2)c(=O)n3C)c(SOOO)c1. The zero-order chi connectivity index (χ0) is 38.6. The number of aryl methyl sites for hydroxylation is 1. The van der Waals surface area contributed by atoms with E-state index in [9.17, 15) is 22.8 Å². The van der Waals surface area contributed by atoms with E-state index in [1.165, 1.54) is 55.1 Å². The normalized spacial score (nSPS) is 12.2. The van der Waals surface area contributed by atoms with Gasteiger partial charge < -0.3 is 14.6 Å². The van der Waals surface area contributed by atoms with E-state index >= 15 is 0 Å². The van der Waals surface area contributed by atoms with Crippen molar-refractivity contribution in [2.24, 2.45) is 7.05 Å². The van der Waals surface area contributed by atoms with Gasteiger partial charge in [-0.05, 0) is 60.5 Å². The number of aromatic nitrogens is 1. The van der Waals surface area contributed by atoms with Crippen LogP contribution in [-0.2, 0) is 35.6 Å². The summed E-state index contributed by atoms with van der Waals surface area (Å²) in [6.07, 6.45) is 3.15. The largest absolute Gasteiger partial charge is 0.495 e. The first-order valence-electron chi connectivity index (χ1n) is 16.6. The number of sulfone groups is 1. The van der Waals surface area contributed by atoms with Crippen molar-refractivity contribution in [1.82, 2.24) is 4.57 Å². The van der Waals surface area contributed by atoms with Crippen LogP contribution in [0.25, 0.3) is 22.0 Å². The van der Waals surface area contributed by atoms with Gasteiger partial charge in [0, 0.05) is 29.1 Å². The molecule has 5 aromatic rings. The standard InChI is InChI=1S/C37H34N2O12S3/c1-4-5-6-9-18-54(45,46)22-13-14-25(29(20-22)52-50-48-43)38-26-15-16-27-33-31(23-10-7-8-11-24(23)36(41)32(26)33)34(37(42)39(27)2)35(40)21-12-17-28(47-3)30(19-21)53-51-49-44/h7-8,10-17,19-20,38,43-44H,4-6,9,18H2,1-3H3. The first-order valence-corrected chi connectivity index (χ1v) is 19.7. The summed E-state index contributed by atoms with van der Waals surface area (Å²) in [5, 5.41) is 28.8. The predicted octanol–water partition coefficient (Wildman–Crippen LogP) is 7.94. The first kappa shape index (κ1) is 39.1. The van der Waals surface area contributed by atoms with E-state index < -0.39 is 21.2 Å². The van der Waals surface area contributed by atoms with Crippen molar-refractivity contribution in [2.45, 2.75) is 47.3 Å². The molecule has 14 nitrogen and oxygen atoms in total. The zero-order valence-corrected chi connectivity index (χ0v) is 31.6. The first-order chi connectivity index (χ1) is 26.1. The van der Waals surface area contributed by atoms with Gasteiger partial charge in [-0.1, -0.05) is 60.5 Å². The summed E-state index contributed by atoms with van der Waals surface area (Å²) in [6, 6.07) is 18.7. The molecule has 6 rings (SSSR count). The van der Waals surface area contributed by atoms with Crippen LogP contribution in [-0.4, -0.2) is 47.9 Å². The van der Waals surface area contributed by atoms with Crippen molar-refractivity contribution in [3.63, 3.8) is 0 Å². The molecule has 0 bridgehead atoms. The van der Waals surface area contributed by atoms with Crippen LogP contribution in [0.4, 0.5) is 11.4 Å². The number of pyridine rings is 1. The van der Waals surface area contributed by atoms with Gasteiger partial charge in [0.15, 0.2) is 21.4 Å². The average molecular weight is 795 g/mol. The number of hydrogen-bond donors (Lipinski definition) is 3. The number of benzene rings is 4. The number of anilines is 2. The summed E-state index contributed by atoms with van der Waals surface area (Å²) in [4.78, 5) is 43.5. The highest BCUT2D eigenvalue weighted by molar-refractivity contribution is 7.95. The quantitative estimate of drug-likeness (QED) is 0.0265. The fourth-order valence-corrected chi connectivity index (χ4v) is 8.94. The van der Waals surface area contributed by atoms with Crippen molar-refractivity contribution in [1.29, 1.82) is 0 Å². The molecule has 1 heterocycles. The third-order valence-corrected chi connectivity index (χ3v) is 12.1. The van der Waals surface area contributed by atoms with Crippen molar-refractivity contribution in [2.75, 3.05) is 18.2 Å². The van der Waals surface area contributed by atoms with Crippen LogP contribution in [0.1, 0.15) is 64.4 Å². The molecule has 1 aliphatic carbocycles. The minimum Gasteiger partial charge on any atom is -0.495 e. The second-order valence-corrected chi connectivity index (χ2v) is 15.8. The maximum Gasteiger partial charge on any atom is 0.262 e. The van der Waals surface area contributed by atoms with E-state index in [-0.39, 0.29) is 59.7 Å². The van der Waals surface area contributed by atoms with Gasteiger partial charge in [0.2, 0.25) is 0 Å². The number of methoxy groups -OCH3 is 1. The highest BCUT2D eigenvalue weighted by Gasteiger charge is 2.34. The molecule has 1 aromatic heterocycles. The third kappa shape index (κ3) is 7.55. The van der Waals surface area contributed by atoms with E-state index in [1.54, 1.807) is 36.4 Å². The lowest BCUT2D eigenvalue weighted by Crippen LogP contribution is -2.29. The van der Waals surface area contributed by atoms with Crippen LogP contribution in [0, 0.1) is 0 Å². The Bertz CT molecular complexity index is 2430. The molecule has 0 saturated heterocycles. The molecule has 0 unspecified atom stereocenters. The molecule has 282 valence electrons. The van der Waals surface area contributed by atoms with Gasteiger partial charge in [0.1, 0.15) is 5.75 Å². The van der Waals surface area contributed by atoms with Gasteiger partial charge in [-0.25, -0.2) is 18.9 Å². The van der Waals surface area contributed by atoms with Crippen molar-refractivity contribution < 1.29 is 52.0 Å². The number of hydrogen-bond acceptors (Lipinski definition) is 15. The Balaban J connectivity index is 1.53. The molecule has 0 saturated carbocycles. The lowest BCUT2D eigenvalue weighted by molar-refractivity contribution is -0.432. The molecule has 17 heteroatoms. The maximum absolute atomic E-state index is 14.4. The molecule has 0 spiro atoms. The lowest BCUT2D eigenvalue weighted by Gasteiger charge is -2.26. The Morgan fingerprint density at radius 1 is 0.833 bits per heavy atom. The molecular formula is C37H34N2O12S3. The van der Waals surface area contributed by atoms with Gasteiger partial charge in [-0.2, -0.15) is 0 Å². The van der Waals surface area contributed by atoms with Gasteiger partial charge in [0.05, 0.1) is 79.7 Å². The summed E-state index contributed by atoms with van der Waals surface area (Å²) in [5.74, 6) is -0.778. The summed E-state index contributed by atoms with van der Waals surface area (Å²) in [6.45, 7) is 2.04. The predicted molar refractivity (Wildman–Crippen MR) is 202 cm³/mol. The van der Waals surface area contributed by atoms with Crippen LogP contribution < -0.4 is 15.6 Å². The average Bonchev–Trinajstić information content (AvgIpc) is 3.18. The molecule has 4 aromatic carbocycles. The number of ether oxygens (including phenoxy) is 1. The third-order valence-electron chi connectivity index (χ3n) is 9.04. The van der Waals surface area contributed by atoms with Crippen LogP contribution in [0.15, 0.2) is 92.3 Å². The highest BCUT2D eigenvalue weighted by atomic mass is 32.2. The summed E-state index contributed by atoms with van der Waals surface area (Å²) in [7, 11) is -0.753. The Morgan fingerprint density at radius 3 is 2.24 bits per heavy atom. The maximum atomic E-state index is 14.4. The molecule has 0 amide bonds. The zero-order valence-electron chi connectivity index (χ0n) is 29.1. The van der Waals surface area contributed by atoms with Gasteiger partial charge in [0.25, 0.3) is 5.56 Å².